The van der Waals surface area contributed by atoms with E-state index in [9.17, 15) is 0 Å². The maximum absolute atomic E-state index is 4.31. The first-order valence-corrected chi connectivity index (χ1v) is 7.45. The van der Waals surface area contributed by atoms with E-state index in [1.165, 1.54) is 24.1 Å². The average Bonchev–Trinajstić information content (AvgIpc) is 2.37. The molecule has 1 aromatic heterocycles. The highest BCUT2D eigenvalue weighted by atomic mass is 79.9. The van der Waals surface area contributed by atoms with Gasteiger partial charge in [-0.2, -0.15) is 0 Å². The fraction of sp³-hybridized carbons (Fsp3) is 0.312. The van der Waals surface area contributed by atoms with Crippen LogP contribution in [-0.2, 0) is 0 Å². The van der Waals surface area contributed by atoms with Crippen LogP contribution in [0.3, 0.4) is 0 Å². The number of aryl methyl sites for hydroxylation is 1. The second-order valence-electron chi connectivity index (χ2n) is 5.20. The van der Waals surface area contributed by atoms with Crippen molar-refractivity contribution in [2.75, 3.05) is 5.32 Å². The first-order valence-electron chi connectivity index (χ1n) is 6.66. The summed E-state index contributed by atoms with van der Waals surface area (Å²) in [5.41, 5.74) is 3.69. The molecule has 0 atom stereocenters. The topological polar surface area (TPSA) is 24.9 Å². The molecule has 0 saturated heterocycles. The molecule has 0 amide bonds. The normalized spacial score (nSPS) is 21.8. The van der Waals surface area contributed by atoms with Gasteiger partial charge in [0.2, 0.25) is 0 Å². The quantitative estimate of drug-likeness (QED) is 0.901. The lowest BCUT2D eigenvalue weighted by Crippen LogP contribution is -2.34. The summed E-state index contributed by atoms with van der Waals surface area (Å²) in [6.45, 7) is 2.05. The van der Waals surface area contributed by atoms with E-state index in [0.29, 0.717) is 12.0 Å². The van der Waals surface area contributed by atoms with Gasteiger partial charge in [-0.3, -0.25) is 4.98 Å². The summed E-state index contributed by atoms with van der Waals surface area (Å²) < 4.78 is 1.15. The van der Waals surface area contributed by atoms with Gasteiger partial charge in [0.15, 0.2) is 0 Å². The fourth-order valence-corrected chi connectivity index (χ4v) is 2.86. The zero-order valence-corrected chi connectivity index (χ0v) is 12.5. The largest absolute Gasteiger partial charge is 0.381 e. The number of anilines is 1. The van der Waals surface area contributed by atoms with Crippen molar-refractivity contribution in [1.82, 2.24) is 4.98 Å². The van der Waals surface area contributed by atoms with Crippen LogP contribution in [-0.4, -0.2) is 11.0 Å². The molecule has 1 aliphatic rings. The molecule has 2 nitrogen and oxygen atoms in total. The van der Waals surface area contributed by atoms with E-state index in [4.69, 9.17) is 0 Å². The molecule has 1 heterocycles. The van der Waals surface area contributed by atoms with Crippen LogP contribution in [0, 0.1) is 6.92 Å². The lowest BCUT2D eigenvalue weighted by Gasteiger charge is -2.37. The molecule has 3 rings (SSSR count). The molecule has 1 aliphatic carbocycles. The molecule has 98 valence electrons. The summed E-state index contributed by atoms with van der Waals surface area (Å²) in [6, 6.07) is 13.4. The van der Waals surface area contributed by atoms with Gasteiger partial charge in [0.05, 0.1) is 11.4 Å². The van der Waals surface area contributed by atoms with E-state index in [1.807, 2.05) is 19.2 Å². The first-order chi connectivity index (χ1) is 9.22. The van der Waals surface area contributed by atoms with Gasteiger partial charge in [-0.1, -0.05) is 28.1 Å². The van der Waals surface area contributed by atoms with Crippen LogP contribution in [0.4, 0.5) is 5.69 Å². The Labute approximate surface area is 122 Å². The lowest BCUT2D eigenvalue weighted by molar-refractivity contribution is 0.374. The summed E-state index contributed by atoms with van der Waals surface area (Å²) in [5, 5.41) is 3.59. The summed E-state index contributed by atoms with van der Waals surface area (Å²) in [4.78, 5) is 4.31. The molecular weight excluding hydrogens is 300 g/mol. The molecule has 1 saturated carbocycles. The van der Waals surface area contributed by atoms with Gasteiger partial charge in [-0.25, -0.2) is 0 Å². The summed E-state index contributed by atoms with van der Waals surface area (Å²) in [5.74, 6) is 0.697. The molecule has 1 fully saturated rings. The summed E-state index contributed by atoms with van der Waals surface area (Å²) in [6.07, 6.45) is 4.25. The van der Waals surface area contributed by atoms with Crippen molar-refractivity contribution in [2.45, 2.75) is 31.7 Å². The number of halogens is 1. The summed E-state index contributed by atoms with van der Waals surface area (Å²) in [7, 11) is 0. The van der Waals surface area contributed by atoms with E-state index in [-0.39, 0.29) is 0 Å². The molecule has 2 aromatic rings. The van der Waals surface area contributed by atoms with E-state index in [1.54, 1.807) is 0 Å². The standard InChI is InChI=1S/C16H17BrN2/c1-11-16(3-2-8-18-11)19-15-9-13(10-15)12-4-6-14(17)7-5-12/h2-8,13,15,19H,9-10H2,1H3. The minimum absolute atomic E-state index is 0.580. The molecule has 1 N–H and O–H groups in total. The molecule has 0 spiro atoms. The van der Waals surface area contributed by atoms with E-state index >= 15 is 0 Å². The SMILES string of the molecule is Cc1ncccc1NC1CC(c2ccc(Br)cc2)C1. The molecule has 0 aliphatic heterocycles. The second kappa shape index (κ2) is 5.33. The van der Waals surface area contributed by atoms with Gasteiger partial charge in [0.25, 0.3) is 0 Å². The van der Waals surface area contributed by atoms with Crippen molar-refractivity contribution in [1.29, 1.82) is 0 Å². The van der Waals surface area contributed by atoms with Crippen molar-refractivity contribution in [3.63, 3.8) is 0 Å². The second-order valence-corrected chi connectivity index (χ2v) is 6.11. The zero-order chi connectivity index (χ0) is 13.2. The van der Waals surface area contributed by atoms with Crippen molar-refractivity contribution in [2.24, 2.45) is 0 Å². The summed E-state index contributed by atoms with van der Waals surface area (Å²) >= 11 is 3.48. The van der Waals surface area contributed by atoms with E-state index in [0.717, 1.165) is 10.2 Å². The van der Waals surface area contributed by atoms with Crippen LogP contribution in [0.15, 0.2) is 47.1 Å². The Hall–Kier alpha value is -1.35. The van der Waals surface area contributed by atoms with Gasteiger partial charge in [0, 0.05) is 16.7 Å². The van der Waals surface area contributed by atoms with Crippen LogP contribution in [0.2, 0.25) is 0 Å². The van der Waals surface area contributed by atoms with Crippen LogP contribution < -0.4 is 5.32 Å². The number of nitrogens with zero attached hydrogens (tertiary/aromatic N) is 1. The van der Waals surface area contributed by atoms with Crippen LogP contribution in [0.25, 0.3) is 0 Å². The lowest BCUT2D eigenvalue weighted by atomic mass is 9.76. The Bertz CT molecular complexity index is 559. The predicted molar refractivity (Wildman–Crippen MR) is 82.5 cm³/mol. The number of hydrogen-bond donors (Lipinski definition) is 1. The predicted octanol–water partition coefficient (Wildman–Crippen LogP) is 4.51. The first kappa shape index (κ1) is 12.7. The highest BCUT2D eigenvalue weighted by Crippen LogP contribution is 2.38. The Morgan fingerprint density at radius 3 is 2.58 bits per heavy atom. The van der Waals surface area contributed by atoms with E-state index < -0.39 is 0 Å². The number of benzene rings is 1. The van der Waals surface area contributed by atoms with Crippen LogP contribution in [0.5, 0.6) is 0 Å². The molecule has 3 heteroatoms. The molecule has 0 radical (unpaired) electrons. The Balaban J connectivity index is 1.58. The van der Waals surface area contributed by atoms with Gasteiger partial charge < -0.3 is 5.32 Å². The van der Waals surface area contributed by atoms with E-state index in [2.05, 4.69) is 56.6 Å². The van der Waals surface area contributed by atoms with Crippen LogP contribution >= 0.6 is 15.9 Å². The fourth-order valence-electron chi connectivity index (χ4n) is 2.60. The van der Waals surface area contributed by atoms with Crippen molar-refractivity contribution < 1.29 is 0 Å². The van der Waals surface area contributed by atoms with Gasteiger partial charge in [-0.05, 0) is 55.5 Å². The number of pyridine rings is 1. The van der Waals surface area contributed by atoms with Crippen molar-refractivity contribution in [3.05, 3.63) is 58.3 Å². The third-order valence-electron chi connectivity index (χ3n) is 3.85. The van der Waals surface area contributed by atoms with Gasteiger partial charge in [-0.15, -0.1) is 0 Å². The average molecular weight is 317 g/mol. The van der Waals surface area contributed by atoms with Crippen LogP contribution in [0.1, 0.15) is 30.0 Å². The number of aromatic nitrogens is 1. The number of nitrogens with one attached hydrogen (secondary N) is 1. The van der Waals surface area contributed by atoms with Crippen molar-refractivity contribution >= 4 is 21.6 Å². The zero-order valence-electron chi connectivity index (χ0n) is 10.9. The highest BCUT2D eigenvalue weighted by molar-refractivity contribution is 9.10. The molecule has 1 aromatic carbocycles. The highest BCUT2D eigenvalue weighted by Gasteiger charge is 2.30. The minimum atomic E-state index is 0.580. The maximum atomic E-state index is 4.31. The van der Waals surface area contributed by atoms with Crippen molar-refractivity contribution in [3.8, 4) is 0 Å². The molecule has 0 bridgehead atoms. The maximum Gasteiger partial charge on any atom is 0.0603 e. The molecular formula is C16H17BrN2. The molecule has 19 heavy (non-hydrogen) atoms. The number of rotatable bonds is 3. The smallest absolute Gasteiger partial charge is 0.0603 e. The Morgan fingerprint density at radius 1 is 1.16 bits per heavy atom. The monoisotopic (exact) mass is 316 g/mol. The Morgan fingerprint density at radius 2 is 1.89 bits per heavy atom. The third-order valence-corrected chi connectivity index (χ3v) is 4.37. The minimum Gasteiger partial charge on any atom is -0.381 e. The molecule has 0 unspecified atom stereocenters. The number of hydrogen-bond acceptors (Lipinski definition) is 2. The van der Waals surface area contributed by atoms with Gasteiger partial charge >= 0.3 is 0 Å². The Kier molecular flexibility index (Phi) is 3.56. The third kappa shape index (κ3) is 2.81. The van der Waals surface area contributed by atoms with Gasteiger partial charge in [0.1, 0.15) is 0 Å².